The molecule has 3 rings (SSSR count). The van der Waals surface area contributed by atoms with Gasteiger partial charge in [0.1, 0.15) is 11.9 Å². The van der Waals surface area contributed by atoms with E-state index in [-0.39, 0.29) is 0 Å². The number of nitrogens with one attached hydrogen (secondary N) is 1. The third-order valence-electron chi connectivity index (χ3n) is 3.61. The number of piperidine rings is 1. The molecule has 2 unspecified atom stereocenters. The third kappa shape index (κ3) is 2.00. The largest absolute Gasteiger partial charge is 0.490 e. The first kappa shape index (κ1) is 9.97. The predicted molar refractivity (Wildman–Crippen MR) is 64.5 cm³/mol. The van der Waals surface area contributed by atoms with Crippen molar-refractivity contribution in [3.63, 3.8) is 0 Å². The van der Waals surface area contributed by atoms with Crippen LogP contribution in [-0.4, -0.2) is 18.2 Å². The molecule has 2 saturated heterocycles. The quantitative estimate of drug-likeness (QED) is 0.746. The molecule has 3 N–H and O–H groups in total. The van der Waals surface area contributed by atoms with Gasteiger partial charge in [0.05, 0.1) is 0 Å². The van der Waals surface area contributed by atoms with Gasteiger partial charge in [-0.05, 0) is 49.9 Å². The summed E-state index contributed by atoms with van der Waals surface area (Å²) in [5.74, 6) is 0.945. The second kappa shape index (κ2) is 3.98. The summed E-state index contributed by atoms with van der Waals surface area (Å²) in [4.78, 5) is 0. The molecule has 2 aliphatic heterocycles. The molecule has 2 fully saturated rings. The van der Waals surface area contributed by atoms with Gasteiger partial charge in [0, 0.05) is 17.8 Å². The summed E-state index contributed by atoms with van der Waals surface area (Å²) >= 11 is 0. The van der Waals surface area contributed by atoms with Gasteiger partial charge >= 0.3 is 0 Å². The Bertz CT molecular complexity index is 351. The van der Waals surface area contributed by atoms with Crippen molar-refractivity contribution in [2.75, 3.05) is 5.73 Å². The minimum absolute atomic E-state index is 0.377. The molecule has 2 bridgehead atoms. The van der Waals surface area contributed by atoms with Crippen LogP contribution in [0.5, 0.6) is 5.75 Å². The Kier molecular flexibility index (Phi) is 2.48. The first-order valence-electron chi connectivity index (χ1n) is 6.08. The van der Waals surface area contributed by atoms with Crippen LogP contribution >= 0.6 is 0 Å². The van der Waals surface area contributed by atoms with Crippen molar-refractivity contribution < 1.29 is 4.74 Å². The van der Waals surface area contributed by atoms with Crippen molar-refractivity contribution in [2.24, 2.45) is 0 Å². The standard InChI is InChI=1S/C13H18N2O/c14-9-1-5-12(6-2-9)16-13-7-10-3-4-11(8-13)15-10/h1-2,5-6,10-11,13,15H,3-4,7-8,14H2. The van der Waals surface area contributed by atoms with Gasteiger partial charge in [0.2, 0.25) is 0 Å². The summed E-state index contributed by atoms with van der Waals surface area (Å²) in [6.45, 7) is 0. The molecule has 0 spiro atoms. The van der Waals surface area contributed by atoms with E-state index in [0.717, 1.165) is 24.3 Å². The predicted octanol–water partition coefficient (Wildman–Crippen LogP) is 1.93. The third-order valence-corrected chi connectivity index (χ3v) is 3.61. The summed E-state index contributed by atoms with van der Waals surface area (Å²) < 4.78 is 6.00. The highest BCUT2D eigenvalue weighted by Gasteiger charge is 2.34. The zero-order valence-corrected chi connectivity index (χ0v) is 9.36. The van der Waals surface area contributed by atoms with Crippen molar-refractivity contribution in [2.45, 2.75) is 43.9 Å². The molecular formula is C13H18N2O. The van der Waals surface area contributed by atoms with Gasteiger partial charge in [0.25, 0.3) is 0 Å². The monoisotopic (exact) mass is 218 g/mol. The summed E-state index contributed by atoms with van der Waals surface area (Å²) in [5.41, 5.74) is 6.44. The fourth-order valence-corrected chi connectivity index (χ4v) is 2.84. The van der Waals surface area contributed by atoms with Crippen LogP contribution in [0.25, 0.3) is 0 Å². The number of hydrogen-bond acceptors (Lipinski definition) is 3. The number of anilines is 1. The lowest BCUT2D eigenvalue weighted by Crippen LogP contribution is -2.42. The molecule has 1 aromatic rings. The molecule has 2 aliphatic rings. The lowest BCUT2D eigenvalue weighted by Gasteiger charge is -2.29. The van der Waals surface area contributed by atoms with Gasteiger partial charge in [-0.3, -0.25) is 0 Å². The lowest BCUT2D eigenvalue weighted by molar-refractivity contribution is 0.137. The minimum Gasteiger partial charge on any atom is -0.490 e. The van der Waals surface area contributed by atoms with E-state index in [1.165, 1.54) is 12.8 Å². The normalized spacial score (nSPS) is 32.6. The van der Waals surface area contributed by atoms with E-state index in [1.54, 1.807) is 0 Å². The Hall–Kier alpha value is -1.22. The summed E-state index contributed by atoms with van der Waals surface area (Å²) in [7, 11) is 0. The molecule has 0 aliphatic carbocycles. The summed E-state index contributed by atoms with van der Waals surface area (Å²) in [6, 6.07) is 9.06. The van der Waals surface area contributed by atoms with Gasteiger partial charge in [-0.1, -0.05) is 0 Å². The molecule has 16 heavy (non-hydrogen) atoms. The molecule has 3 nitrogen and oxygen atoms in total. The van der Waals surface area contributed by atoms with E-state index in [2.05, 4.69) is 5.32 Å². The van der Waals surface area contributed by atoms with Crippen molar-refractivity contribution in [1.29, 1.82) is 0 Å². The van der Waals surface area contributed by atoms with Crippen molar-refractivity contribution >= 4 is 5.69 Å². The molecule has 2 atom stereocenters. The highest BCUT2D eigenvalue weighted by molar-refractivity contribution is 5.41. The van der Waals surface area contributed by atoms with Gasteiger partial charge in [-0.15, -0.1) is 0 Å². The topological polar surface area (TPSA) is 47.3 Å². The highest BCUT2D eigenvalue weighted by atomic mass is 16.5. The maximum absolute atomic E-state index is 6.00. The number of hydrogen-bond donors (Lipinski definition) is 2. The van der Waals surface area contributed by atoms with Gasteiger partial charge in [-0.2, -0.15) is 0 Å². The van der Waals surface area contributed by atoms with Crippen molar-refractivity contribution in [1.82, 2.24) is 5.32 Å². The fourth-order valence-electron chi connectivity index (χ4n) is 2.84. The van der Waals surface area contributed by atoms with Crippen LogP contribution in [0.1, 0.15) is 25.7 Å². The SMILES string of the molecule is Nc1ccc(OC2CC3CCC(C2)N3)cc1. The zero-order valence-electron chi connectivity index (χ0n) is 9.36. The molecule has 0 aromatic heterocycles. The van der Waals surface area contributed by atoms with Crippen LogP contribution in [0.2, 0.25) is 0 Å². The molecular weight excluding hydrogens is 200 g/mol. The van der Waals surface area contributed by atoms with Gasteiger partial charge in [-0.25, -0.2) is 0 Å². The fraction of sp³-hybridized carbons (Fsp3) is 0.538. The molecule has 0 amide bonds. The second-order valence-electron chi connectivity index (χ2n) is 4.92. The number of benzene rings is 1. The number of ether oxygens (including phenoxy) is 1. The van der Waals surface area contributed by atoms with E-state index < -0.39 is 0 Å². The summed E-state index contributed by atoms with van der Waals surface area (Å²) in [6.07, 6.45) is 5.28. The van der Waals surface area contributed by atoms with Gasteiger partial charge < -0.3 is 15.8 Å². The Morgan fingerprint density at radius 1 is 1.06 bits per heavy atom. The smallest absolute Gasteiger partial charge is 0.119 e. The number of nitrogens with two attached hydrogens (primary N) is 1. The second-order valence-corrected chi connectivity index (χ2v) is 4.92. The average Bonchev–Trinajstić information content (AvgIpc) is 2.62. The zero-order chi connectivity index (χ0) is 11.0. The summed E-state index contributed by atoms with van der Waals surface area (Å²) in [5, 5.41) is 3.62. The lowest BCUT2D eigenvalue weighted by atomic mass is 10.0. The van der Waals surface area contributed by atoms with Crippen molar-refractivity contribution in [3.05, 3.63) is 24.3 Å². The molecule has 86 valence electrons. The Morgan fingerprint density at radius 3 is 2.31 bits per heavy atom. The van der Waals surface area contributed by atoms with E-state index in [4.69, 9.17) is 10.5 Å². The highest BCUT2D eigenvalue weighted by Crippen LogP contribution is 2.29. The van der Waals surface area contributed by atoms with E-state index in [1.807, 2.05) is 24.3 Å². The minimum atomic E-state index is 0.377. The van der Waals surface area contributed by atoms with Crippen LogP contribution in [0.4, 0.5) is 5.69 Å². The molecule has 0 radical (unpaired) electrons. The first-order valence-corrected chi connectivity index (χ1v) is 6.08. The van der Waals surface area contributed by atoms with Crippen LogP contribution < -0.4 is 15.8 Å². The van der Waals surface area contributed by atoms with Crippen LogP contribution in [0.15, 0.2) is 24.3 Å². The number of rotatable bonds is 2. The number of fused-ring (bicyclic) bond motifs is 2. The molecule has 3 heteroatoms. The maximum Gasteiger partial charge on any atom is 0.119 e. The van der Waals surface area contributed by atoms with E-state index >= 15 is 0 Å². The Labute approximate surface area is 96.0 Å². The molecule has 2 heterocycles. The van der Waals surface area contributed by atoms with Crippen LogP contribution in [-0.2, 0) is 0 Å². The number of nitrogen functional groups attached to an aromatic ring is 1. The molecule has 0 saturated carbocycles. The van der Waals surface area contributed by atoms with Crippen LogP contribution in [0, 0.1) is 0 Å². The Balaban J connectivity index is 1.64. The maximum atomic E-state index is 6.00. The average molecular weight is 218 g/mol. The molecule has 1 aromatic carbocycles. The Morgan fingerprint density at radius 2 is 1.69 bits per heavy atom. The first-order chi connectivity index (χ1) is 7.79. The van der Waals surface area contributed by atoms with Crippen LogP contribution in [0.3, 0.4) is 0 Å². The van der Waals surface area contributed by atoms with E-state index in [9.17, 15) is 0 Å². The van der Waals surface area contributed by atoms with Gasteiger partial charge in [0.15, 0.2) is 0 Å². The van der Waals surface area contributed by atoms with Crippen molar-refractivity contribution in [3.8, 4) is 5.75 Å². The van der Waals surface area contributed by atoms with E-state index in [0.29, 0.717) is 18.2 Å².